The number of hydrogen-bond acceptors (Lipinski definition) is 2. The molecule has 0 aromatic carbocycles. The number of hydrogen-bond donors (Lipinski definition) is 1. The van der Waals surface area contributed by atoms with E-state index in [1.165, 1.54) is 0 Å². The van der Waals surface area contributed by atoms with Gasteiger partial charge < -0.3 is 10.2 Å². The summed E-state index contributed by atoms with van der Waals surface area (Å²) < 4.78 is 0. The Kier molecular flexibility index (Phi) is 9.26. The van der Waals surface area contributed by atoms with Crippen LogP contribution in [0, 0.1) is 17.8 Å². The molecule has 1 N–H and O–H groups in total. The van der Waals surface area contributed by atoms with E-state index in [1.807, 2.05) is 25.9 Å². The van der Waals surface area contributed by atoms with Crippen molar-refractivity contribution in [1.29, 1.82) is 0 Å². The predicted molar refractivity (Wildman–Crippen MR) is 87.1 cm³/mol. The van der Waals surface area contributed by atoms with Gasteiger partial charge in [-0.1, -0.05) is 27.7 Å². The number of carbonyl (C=O) groups excluding carboxylic acids is 1. The summed E-state index contributed by atoms with van der Waals surface area (Å²) in [5.41, 5.74) is 0. The second-order valence-electron chi connectivity index (χ2n) is 6.45. The highest BCUT2D eigenvalue weighted by atomic mass is 16.1. The number of carbonyl (C=O) groups is 1. The zero-order valence-corrected chi connectivity index (χ0v) is 14.4. The first kappa shape index (κ1) is 18.9. The summed E-state index contributed by atoms with van der Waals surface area (Å²) in [5, 5.41) is 3.05. The Morgan fingerprint density at radius 3 is 2.25 bits per heavy atom. The Labute approximate surface area is 125 Å². The zero-order chi connectivity index (χ0) is 15.7. The largest absolute Gasteiger partial charge is 0.367 e. The lowest BCUT2D eigenvalue weighted by Crippen LogP contribution is -2.35. The van der Waals surface area contributed by atoms with Gasteiger partial charge in [0.1, 0.15) is 0 Å². The number of amidine groups is 1. The van der Waals surface area contributed by atoms with Crippen LogP contribution in [0.2, 0.25) is 0 Å². The summed E-state index contributed by atoms with van der Waals surface area (Å²) in [4.78, 5) is 18.6. The molecule has 1 atom stereocenters. The molecule has 0 spiro atoms. The molecular weight excluding hydrogens is 250 g/mol. The van der Waals surface area contributed by atoms with E-state index in [-0.39, 0.29) is 11.8 Å². The van der Waals surface area contributed by atoms with E-state index in [2.05, 4.69) is 38.0 Å². The number of rotatable bonds is 8. The normalized spacial score (nSPS) is 13.8. The van der Waals surface area contributed by atoms with Crippen LogP contribution >= 0.6 is 0 Å². The monoisotopic (exact) mass is 283 g/mol. The van der Waals surface area contributed by atoms with E-state index in [0.29, 0.717) is 18.4 Å². The van der Waals surface area contributed by atoms with Crippen LogP contribution in [0.1, 0.15) is 47.5 Å². The van der Waals surface area contributed by atoms with Crippen molar-refractivity contribution in [3.05, 3.63) is 0 Å². The van der Waals surface area contributed by atoms with E-state index in [9.17, 15) is 4.79 Å². The van der Waals surface area contributed by atoms with Gasteiger partial charge in [0, 0.05) is 33.1 Å². The minimum Gasteiger partial charge on any atom is -0.367 e. The lowest BCUT2D eigenvalue weighted by atomic mass is 9.87. The summed E-state index contributed by atoms with van der Waals surface area (Å²) in [6.07, 6.45) is 1.85. The van der Waals surface area contributed by atoms with Gasteiger partial charge in [-0.3, -0.25) is 9.79 Å². The average Bonchev–Trinajstić information content (AvgIpc) is 2.34. The first-order chi connectivity index (χ1) is 9.25. The first-order valence-electron chi connectivity index (χ1n) is 7.71. The zero-order valence-electron chi connectivity index (χ0n) is 14.4. The second kappa shape index (κ2) is 9.78. The third-order valence-electron chi connectivity index (χ3n) is 3.49. The van der Waals surface area contributed by atoms with Crippen LogP contribution < -0.4 is 5.32 Å². The van der Waals surface area contributed by atoms with Crippen LogP contribution in [0.15, 0.2) is 4.99 Å². The highest BCUT2D eigenvalue weighted by molar-refractivity contribution is 5.79. The predicted octanol–water partition coefficient (Wildman–Crippen LogP) is 2.79. The molecule has 20 heavy (non-hydrogen) atoms. The summed E-state index contributed by atoms with van der Waals surface area (Å²) in [7, 11) is 3.97. The van der Waals surface area contributed by atoms with Gasteiger partial charge in [0.15, 0.2) is 0 Å². The smallest absolute Gasteiger partial charge is 0.223 e. The maximum atomic E-state index is 12.2. The molecule has 0 saturated heterocycles. The minimum atomic E-state index is 0.127. The molecule has 0 aromatic heterocycles. The van der Waals surface area contributed by atoms with Crippen molar-refractivity contribution in [3.63, 3.8) is 0 Å². The van der Waals surface area contributed by atoms with E-state index < -0.39 is 0 Å². The fourth-order valence-corrected chi connectivity index (χ4v) is 1.99. The molecule has 4 nitrogen and oxygen atoms in total. The number of amides is 1. The summed E-state index contributed by atoms with van der Waals surface area (Å²) >= 11 is 0. The molecule has 118 valence electrons. The summed E-state index contributed by atoms with van der Waals surface area (Å²) in [6.45, 7) is 12.1. The van der Waals surface area contributed by atoms with Crippen LogP contribution in [0.25, 0.3) is 0 Å². The highest BCUT2D eigenvalue weighted by Crippen LogP contribution is 2.20. The third-order valence-corrected chi connectivity index (χ3v) is 3.49. The first-order valence-corrected chi connectivity index (χ1v) is 7.71. The SMILES string of the molecule is C/C(=N\CCCNC(=O)C(CC(C)C)C(C)C)N(C)C. The van der Waals surface area contributed by atoms with Gasteiger partial charge in [-0.05, 0) is 31.6 Å². The molecule has 4 heteroatoms. The van der Waals surface area contributed by atoms with E-state index in [4.69, 9.17) is 0 Å². The minimum absolute atomic E-state index is 0.127. The molecule has 1 unspecified atom stereocenters. The van der Waals surface area contributed by atoms with Crippen LogP contribution in [0.4, 0.5) is 0 Å². The summed E-state index contributed by atoms with van der Waals surface area (Å²) in [5.74, 6) is 2.30. The molecule has 0 saturated carbocycles. The van der Waals surface area contributed by atoms with Crippen molar-refractivity contribution in [1.82, 2.24) is 10.2 Å². The Morgan fingerprint density at radius 2 is 1.80 bits per heavy atom. The molecule has 0 fully saturated rings. The van der Waals surface area contributed by atoms with Crippen LogP contribution in [-0.2, 0) is 4.79 Å². The van der Waals surface area contributed by atoms with E-state index >= 15 is 0 Å². The van der Waals surface area contributed by atoms with Gasteiger partial charge in [0.2, 0.25) is 5.91 Å². The molecule has 0 radical (unpaired) electrons. The number of aliphatic imine (C=N–C) groups is 1. The van der Waals surface area contributed by atoms with Crippen molar-refractivity contribution >= 4 is 11.7 Å². The molecule has 0 aliphatic carbocycles. The highest BCUT2D eigenvalue weighted by Gasteiger charge is 2.22. The second-order valence-corrected chi connectivity index (χ2v) is 6.45. The summed E-state index contributed by atoms with van der Waals surface area (Å²) in [6, 6.07) is 0. The topological polar surface area (TPSA) is 44.7 Å². The van der Waals surface area contributed by atoms with Crippen LogP contribution in [0.3, 0.4) is 0 Å². The third kappa shape index (κ3) is 8.18. The molecule has 0 aromatic rings. The maximum absolute atomic E-state index is 12.2. The van der Waals surface area contributed by atoms with Gasteiger partial charge in [-0.25, -0.2) is 0 Å². The van der Waals surface area contributed by atoms with Gasteiger partial charge in [0.25, 0.3) is 0 Å². The van der Waals surface area contributed by atoms with Crippen molar-refractivity contribution in [3.8, 4) is 0 Å². The van der Waals surface area contributed by atoms with Gasteiger partial charge in [-0.2, -0.15) is 0 Å². The van der Waals surface area contributed by atoms with E-state index in [0.717, 1.165) is 25.2 Å². The Hall–Kier alpha value is -1.06. The maximum Gasteiger partial charge on any atom is 0.223 e. The van der Waals surface area contributed by atoms with E-state index in [1.54, 1.807) is 0 Å². The van der Waals surface area contributed by atoms with Gasteiger partial charge in [0.05, 0.1) is 5.84 Å². The Bertz CT molecular complexity index is 309. The van der Waals surface area contributed by atoms with Crippen LogP contribution in [-0.4, -0.2) is 43.8 Å². The molecule has 0 aliphatic heterocycles. The Balaban J connectivity index is 4.05. The molecule has 0 rings (SSSR count). The van der Waals surface area contributed by atoms with Crippen molar-refractivity contribution in [2.24, 2.45) is 22.7 Å². The van der Waals surface area contributed by atoms with Crippen molar-refractivity contribution < 1.29 is 4.79 Å². The molecule has 1 amide bonds. The fourth-order valence-electron chi connectivity index (χ4n) is 1.99. The average molecular weight is 283 g/mol. The molecule has 0 bridgehead atoms. The van der Waals surface area contributed by atoms with Gasteiger partial charge in [-0.15, -0.1) is 0 Å². The fraction of sp³-hybridized carbons (Fsp3) is 0.875. The molecule has 0 heterocycles. The van der Waals surface area contributed by atoms with Crippen molar-refractivity contribution in [2.75, 3.05) is 27.2 Å². The molecular formula is C16H33N3O. The number of nitrogens with zero attached hydrogens (tertiary/aromatic N) is 2. The quantitative estimate of drug-likeness (QED) is 0.423. The van der Waals surface area contributed by atoms with Crippen LogP contribution in [0.5, 0.6) is 0 Å². The standard InChI is InChI=1S/C16H33N3O/c1-12(2)11-15(13(3)4)16(20)18-10-8-9-17-14(5)19(6)7/h12-13,15H,8-11H2,1-7H3,(H,18,20)/b17-14+. The lowest BCUT2D eigenvalue weighted by Gasteiger charge is -2.22. The Morgan fingerprint density at radius 1 is 1.20 bits per heavy atom. The molecule has 0 aliphatic rings. The number of nitrogens with one attached hydrogen (secondary N) is 1. The lowest BCUT2D eigenvalue weighted by molar-refractivity contribution is -0.126. The van der Waals surface area contributed by atoms with Gasteiger partial charge >= 0.3 is 0 Å². The van der Waals surface area contributed by atoms with Crippen molar-refractivity contribution in [2.45, 2.75) is 47.5 Å².